The average Bonchev–Trinajstić information content (AvgIpc) is 2.24. The lowest BCUT2D eigenvalue weighted by Crippen LogP contribution is -2.44. The number of benzene rings is 1. The van der Waals surface area contributed by atoms with E-state index in [4.69, 9.17) is 5.11 Å². The molecule has 0 bridgehead atoms. The van der Waals surface area contributed by atoms with Crippen LogP contribution in [0.2, 0.25) is 0 Å². The third-order valence-electron chi connectivity index (χ3n) is 2.40. The highest BCUT2D eigenvalue weighted by Crippen LogP contribution is 2.20. The van der Waals surface area contributed by atoms with Gasteiger partial charge < -0.3 is 5.11 Å². The summed E-state index contributed by atoms with van der Waals surface area (Å²) >= 11 is 3.01. The molecule has 5 nitrogen and oxygen atoms in total. The van der Waals surface area contributed by atoms with Crippen LogP contribution < -0.4 is 4.72 Å². The third-order valence-corrected chi connectivity index (χ3v) is 4.37. The molecule has 1 aromatic rings. The average molecular weight is 354 g/mol. The molecule has 106 valence electrons. The van der Waals surface area contributed by atoms with E-state index in [0.717, 1.165) is 12.1 Å². The lowest BCUT2D eigenvalue weighted by molar-refractivity contribution is -0.140. The van der Waals surface area contributed by atoms with Gasteiger partial charge in [0.15, 0.2) is 0 Å². The summed E-state index contributed by atoms with van der Waals surface area (Å²) in [6.45, 7) is 3.11. The van der Waals surface area contributed by atoms with Crippen molar-refractivity contribution in [3.05, 3.63) is 28.5 Å². The quantitative estimate of drug-likeness (QED) is 0.847. The highest BCUT2D eigenvalue weighted by Gasteiger charge is 2.29. The lowest BCUT2D eigenvalue weighted by atomic mass is 10.1. The number of aliphatic carboxylic acids is 1. The van der Waals surface area contributed by atoms with Gasteiger partial charge in [0.25, 0.3) is 0 Å². The molecule has 0 spiro atoms. The molecule has 0 aliphatic carbocycles. The Kier molecular flexibility index (Phi) is 5.05. The molecule has 0 saturated heterocycles. The van der Waals surface area contributed by atoms with E-state index >= 15 is 0 Å². The largest absolute Gasteiger partial charge is 0.480 e. The van der Waals surface area contributed by atoms with E-state index in [9.17, 15) is 17.6 Å². The first-order valence-electron chi connectivity index (χ1n) is 5.35. The summed E-state index contributed by atoms with van der Waals surface area (Å²) in [6.07, 6.45) is 0. The van der Waals surface area contributed by atoms with Gasteiger partial charge in [0.2, 0.25) is 10.0 Å². The van der Waals surface area contributed by atoms with E-state index in [1.807, 2.05) is 4.72 Å². The fraction of sp³-hybridized carbons (Fsp3) is 0.364. The number of carboxylic acids is 1. The van der Waals surface area contributed by atoms with Gasteiger partial charge in [-0.25, -0.2) is 12.8 Å². The molecule has 0 radical (unpaired) electrons. The van der Waals surface area contributed by atoms with Crippen LogP contribution in [0.25, 0.3) is 0 Å². The summed E-state index contributed by atoms with van der Waals surface area (Å²) in [5.41, 5.74) is 0. The van der Waals surface area contributed by atoms with Crippen molar-refractivity contribution in [2.75, 3.05) is 0 Å². The summed E-state index contributed by atoms with van der Waals surface area (Å²) in [5, 5.41) is 8.94. The van der Waals surface area contributed by atoms with Crippen molar-refractivity contribution >= 4 is 31.9 Å². The van der Waals surface area contributed by atoms with Crippen LogP contribution in [0.1, 0.15) is 13.8 Å². The predicted octanol–water partition coefficient (Wildman–Crippen LogP) is 1.98. The molecular formula is C11H13BrFNO4S. The number of carboxylic acid groups (broad SMARTS) is 1. The van der Waals surface area contributed by atoms with Crippen LogP contribution in [-0.4, -0.2) is 25.5 Å². The molecule has 0 saturated carbocycles. The molecule has 0 amide bonds. The Labute approximate surface area is 119 Å². The SMILES string of the molecule is CC(C)C(NS(=O)(=O)c1ccc(Br)cc1F)C(=O)O. The summed E-state index contributed by atoms with van der Waals surface area (Å²) < 4.78 is 39.9. The van der Waals surface area contributed by atoms with E-state index < -0.39 is 38.7 Å². The van der Waals surface area contributed by atoms with Gasteiger partial charge in [0, 0.05) is 4.47 Å². The molecule has 1 unspecified atom stereocenters. The number of hydrogen-bond acceptors (Lipinski definition) is 3. The van der Waals surface area contributed by atoms with Crippen molar-refractivity contribution < 1.29 is 22.7 Å². The van der Waals surface area contributed by atoms with E-state index in [1.54, 1.807) is 13.8 Å². The molecule has 0 aromatic heterocycles. The standard InChI is InChI=1S/C11H13BrFNO4S/c1-6(2)10(11(15)16)14-19(17,18)9-4-3-7(12)5-8(9)13/h3-6,10,14H,1-2H3,(H,15,16). The maximum Gasteiger partial charge on any atom is 0.322 e. The zero-order valence-corrected chi connectivity index (χ0v) is 12.6. The molecule has 0 heterocycles. The first kappa shape index (κ1) is 16.1. The molecule has 1 atom stereocenters. The maximum atomic E-state index is 13.6. The Bertz CT molecular complexity index is 588. The Hall–Kier alpha value is -0.990. The molecule has 8 heteroatoms. The predicted molar refractivity (Wildman–Crippen MR) is 70.7 cm³/mol. The van der Waals surface area contributed by atoms with Crippen LogP contribution in [0.5, 0.6) is 0 Å². The Morgan fingerprint density at radius 3 is 2.42 bits per heavy atom. The van der Waals surface area contributed by atoms with E-state index in [-0.39, 0.29) is 0 Å². The van der Waals surface area contributed by atoms with Crippen molar-refractivity contribution in [3.63, 3.8) is 0 Å². The van der Waals surface area contributed by atoms with Gasteiger partial charge in [0.1, 0.15) is 16.8 Å². The number of sulfonamides is 1. The van der Waals surface area contributed by atoms with Gasteiger partial charge in [-0.1, -0.05) is 29.8 Å². The summed E-state index contributed by atoms with van der Waals surface area (Å²) in [4.78, 5) is 10.4. The zero-order chi connectivity index (χ0) is 14.8. The van der Waals surface area contributed by atoms with Gasteiger partial charge in [-0.05, 0) is 24.1 Å². The smallest absolute Gasteiger partial charge is 0.322 e. The highest BCUT2D eigenvalue weighted by atomic mass is 79.9. The fourth-order valence-corrected chi connectivity index (χ4v) is 3.13. The monoisotopic (exact) mass is 353 g/mol. The number of rotatable bonds is 5. The molecule has 0 aliphatic rings. The van der Waals surface area contributed by atoms with Gasteiger partial charge in [0.05, 0.1) is 0 Å². The molecule has 0 fully saturated rings. The van der Waals surface area contributed by atoms with E-state index in [1.165, 1.54) is 6.07 Å². The van der Waals surface area contributed by atoms with Crippen LogP contribution >= 0.6 is 15.9 Å². The topological polar surface area (TPSA) is 83.5 Å². The minimum Gasteiger partial charge on any atom is -0.480 e. The van der Waals surface area contributed by atoms with Crippen LogP contribution in [0.3, 0.4) is 0 Å². The summed E-state index contributed by atoms with van der Waals surface area (Å²) in [5.74, 6) is -2.73. The first-order valence-corrected chi connectivity index (χ1v) is 7.63. The van der Waals surface area contributed by atoms with Gasteiger partial charge in [-0.3, -0.25) is 4.79 Å². The van der Waals surface area contributed by atoms with Crippen LogP contribution in [0, 0.1) is 11.7 Å². The summed E-state index contributed by atoms with van der Waals surface area (Å²) in [6, 6.07) is 2.12. The lowest BCUT2D eigenvalue weighted by Gasteiger charge is -2.18. The summed E-state index contributed by atoms with van der Waals surface area (Å²) in [7, 11) is -4.22. The normalized spacial score (nSPS) is 13.5. The molecule has 2 N–H and O–H groups in total. The van der Waals surface area contributed by atoms with Crippen LogP contribution in [0.4, 0.5) is 4.39 Å². The van der Waals surface area contributed by atoms with Crippen molar-refractivity contribution in [1.82, 2.24) is 4.72 Å². The zero-order valence-electron chi connectivity index (χ0n) is 10.2. The molecule has 19 heavy (non-hydrogen) atoms. The molecule has 1 aromatic carbocycles. The second kappa shape index (κ2) is 5.98. The van der Waals surface area contributed by atoms with Crippen molar-refractivity contribution in [2.24, 2.45) is 5.92 Å². The molecular weight excluding hydrogens is 341 g/mol. The number of hydrogen-bond donors (Lipinski definition) is 2. The Balaban J connectivity index is 3.14. The van der Waals surface area contributed by atoms with Crippen molar-refractivity contribution in [3.8, 4) is 0 Å². The minimum atomic E-state index is -4.22. The van der Waals surface area contributed by atoms with Crippen molar-refractivity contribution in [1.29, 1.82) is 0 Å². The van der Waals surface area contributed by atoms with Gasteiger partial charge in [-0.2, -0.15) is 4.72 Å². The molecule has 1 rings (SSSR count). The second-order valence-corrected chi connectivity index (χ2v) is 6.85. The maximum absolute atomic E-state index is 13.6. The first-order chi connectivity index (χ1) is 8.65. The minimum absolute atomic E-state index is 0.391. The van der Waals surface area contributed by atoms with Crippen LogP contribution in [-0.2, 0) is 14.8 Å². The third kappa shape index (κ3) is 3.99. The second-order valence-electron chi connectivity index (χ2n) is 4.26. The van der Waals surface area contributed by atoms with Crippen LogP contribution in [0.15, 0.2) is 27.6 Å². The van der Waals surface area contributed by atoms with Crippen molar-refractivity contribution in [2.45, 2.75) is 24.8 Å². The number of carbonyl (C=O) groups is 1. The highest BCUT2D eigenvalue weighted by molar-refractivity contribution is 9.10. The number of nitrogens with one attached hydrogen (secondary N) is 1. The fourth-order valence-electron chi connectivity index (χ4n) is 1.40. The van der Waals surface area contributed by atoms with E-state index in [2.05, 4.69) is 15.9 Å². The van der Waals surface area contributed by atoms with Gasteiger partial charge >= 0.3 is 5.97 Å². The van der Waals surface area contributed by atoms with Gasteiger partial charge in [-0.15, -0.1) is 0 Å². The number of halogens is 2. The Morgan fingerprint density at radius 1 is 1.42 bits per heavy atom. The Morgan fingerprint density at radius 2 is 2.00 bits per heavy atom. The molecule has 0 aliphatic heterocycles. The van der Waals surface area contributed by atoms with E-state index in [0.29, 0.717) is 4.47 Å².